The van der Waals surface area contributed by atoms with Gasteiger partial charge in [0.05, 0.1) is 11.8 Å². The van der Waals surface area contributed by atoms with E-state index in [1.54, 1.807) is 12.3 Å². The number of pyridine rings is 1. The van der Waals surface area contributed by atoms with Crippen molar-refractivity contribution in [1.29, 1.82) is 0 Å². The minimum absolute atomic E-state index is 0.370. The first kappa shape index (κ1) is 18.4. The van der Waals surface area contributed by atoms with Gasteiger partial charge < -0.3 is 10.6 Å². The lowest BCUT2D eigenvalue weighted by Gasteiger charge is -2.42. The lowest BCUT2D eigenvalue weighted by molar-refractivity contribution is 0.0999. The van der Waals surface area contributed by atoms with Gasteiger partial charge in [0.2, 0.25) is 5.91 Å². The van der Waals surface area contributed by atoms with E-state index in [0.717, 1.165) is 25.5 Å². The second-order valence-corrected chi connectivity index (χ2v) is 7.07. The zero-order chi connectivity index (χ0) is 18.7. The number of primary amides is 1. The van der Waals surface area contributed by atoms with E-state index in [1.165, 1.54) is 18.4 Å². The van der Waals surface area contributed by atoms with Gasteiger partial charge in [-0.2, -0.15) is 5.10 Å². The van der Waals surface area contributed by atoms with E-state index < -0.39 is 5.91 Å². The average molecular weight is 356 g/mol. The Bertz CT molecular complexity index is 741. The molecule has 7 nitrogen and oxygen atoms in total. The quantitative estimate of drug-likeness (QED) is 0.854. The number of rotatable bonds is 6. The Labute approximate surface area is 154 Å². The predicted molar refractivity (Wildman–Crippen MR) is 102 cm³/mol. The van der Waals surface area contributed by atoms with E-state index in [0.29, 0.717) is 17.5 Å². The number of anilines is 1. The topological polar surface area (TPSA) is 80.3 Å². The molecule has 1 saturated heterocycles. The molecular weight excluding hydrogens is 328 g/mol. The van der Waals surface area contributed by atoms with E-state index in [2.05, 4.69) is 40.1 Å². The minimum Gasteiger partial charge on any atom is -0.366 e. The van der Waals surface area contributed by atoms with Gasteiger partial charge in [0.1, 0.15) is 5.82 Å². The van der Waals surface area contributed by atoms with E-state index in [1.807, 2.05) is 24.0 Å². The van der Waals surface area contributed by atoms with Crippen LogP contribution in [0.1, 0.15) is 41.7 Å². The van der Waals surface area contributed by atoms with E-state index in [-0.39, 0.29) is 0 Å². The highest BCUT2D eigenvalue weighted by Crippen LogP contribution is 2.36. The highest BCUT2D eigenvalue weighted by atomic mass is 16.1. The summed E-state index contributed by atoms with van der Waals surface area (Å²) in [6, 6.07) is 3.97. The second-order valence-electron chi connectivity index (χ2n) is 7.07. The number of aryl methyl sites for hydroxylation is 1. The van der Waals surface area contributed by atoms with Gasteiger partial charge in [0.25, 0.3) is 0 Å². The SMILES string of the molecule is CCN1CCC[C@@H](CN(C)c2ccc(C(N)=O)cn2)[C@@H]1c1cnn(C)c1. The molecule has 1 amide bonds. The van der Waals surface area contributed by atoms with Crippen LogP contribution >= 0.6 is 0 Å². The van der Waals surface area contributed by atoms with Crippen LogP contribution in [0.3, 0.4) is 0 Å². The molecule has 26 heavy (non-hydrogen) atoms. The molecule has 3 rings (SSSR count). The van der Waals surface area contributed by atoms with Crippen LogP contribution in [0.25, 0.3) is 0 Å². The summed E-state index contributed by atoms with van der Waals surface area (Å²) in [6.45, 7) is 5.28. The van der Waals surface area contributed by atoms with Crippen molar-refractivity contribution in [1.82, 2.24) is 19.7 Å². The van der Waals surface area contributed by atoms with Gasteiger partial charge in [0, 0.05) is 44.6 Å². The molecule has 0 aliphatic carbocycles. The third kappa shape index (κ3) is 3.88. The Morgan fingerprint density at radius 3 is 2.77 bits per heavy atom. The predicted octanol–water partition coefficient (Wildman–Crippen LogP) is 1.82. The molecule has 0 spiro atoms. The standard InChI is InChI=1S/C19H28N6O/c1-4-25-9-5-6-15(18(25)16-11-22-24(3)13-16)12-23(2)17-8-7-14(10-21-17)19(20)26/h7-8,10-11,13,15,18H,4-6,9,12H2,1-3H3,(H2,20,26)/t15-,18+/m0/s1. The Balaban J connectivity index is 1.77. The number of aromatic nitrogens is 3. The zero-order valence-electron chi connectivity index (χ0n) is 15.8. The van der Waals surface area contributed by atoms with Crippen LogP contribution in [-0.4, -0.2) is 52.3 Å². The fourth-order valence-electron chi connectivity index (χ4n) is 3.98. The molecule has 2 atom stereocenters. The molecule has 7 heteroatoms. The van der Waals surface area contributed by atoms with Crippen LogP contribution < -0.4 is 10.6 Å². The number of hydrogen-bond acceptors (Lipinski definition) is 5. The zero-order valence-corrected chi connectivity index (χ0v) is 15.8. The number of carbonyl (C=O) groups is 1. The van der Waals surface area contributed by atoms with Gasteiger partial charge in [-0.25, -0.2) is 4.98 Å². The van der Waals surface area contributed by atoms with Gasteiger partial charge in [-0.15, -0.1) is 0 Å². The summed E-state index contributed by atoms with van der Waals surface area (Å²) in [7, 11) is 4.02. The Kier molecular flexibility index (Phi) is 5.56. The number of hydrogen-bond donors (Lipinski definition) is 1. The molecule has 2 aromatic rings. The van der Waals surface area contributed by atoms with Crippen LogP contribution in [0.2, 0.25) is 0 Å². The Morgan fingerprint density at radius 2 is 2.19 bits per heavy atom. The largest absolute Gasteiger partial charge is 0.366 e. The van der Waals surface area contributed by atoms with Crippen molar-refractivity contribution in [2.75, 3.05) is 31.6 Å². The fourth-order valence-corrected chi connectivity index (χ4v) is 3.98. The molecule has 0 bridgehead atoms. The molecule has 0 radical (unpaired) electrons. The first-order valence-electron chi connectivity index (χ1n) is 9.19. The van der Waals surface area contributed by atoms with Crippen molar-refractivity contribution in [2.45, 2.75) is 25.8 Å². The van der Waals surface area contributed by atoms with E-state index in [9.17, 15) is 4.79 Å². The highest BCUT2D eigenvalue weighted by Gasteiger charge is 2.33. The number of likely N-dealkylation sites (tertiary alicyclic amines) is 1. The fraction of sp³-hybridized carbons (Fsp3) is 0.526. The monoisotopic (exact) mass is 356 g/mol. The first-order chi connectivity index (χ1) is 12.5. The molecule has 0 aromatic carbocycles. The van der Waals surface area contributed by atoms with Crippen molar-refractivity contribution in [3.63, 3.8) is 0 Å². The van der Waals surface area contributed by atoms with Crippen molar-refractivity contribution in [3.05, 3.63) is 41.9 Å². The first-order valence-corrected chi connectivity index (χ1v) is 9.19. The Morgan fingerprint density at radius 1 is 1.38 bits per heavy atom. The Hall–Kier alpha value is -2.41. The summed E-state index contributed by atoms with van der Waals surface area (Å²) >= 11 is 0. The number of nitrogens with two attached hydrogens (primary N) is 1. The van der Waals surface area contributed by atoms with Crippen molar-refractivity contribution < 1.29 is 4.79 Å². The summed E-state index contributed by atoms with van der Waals surface area (Å²) in [5.74, 6) is 0.901. The molecule has 140 valence electrons. The number of carbonyl (C=O) groups excluding carboxylic acids is 1. The van der Waals surface area contributed by atoms with Crippen LogP contribution in [-0.2, 0) is 7.05 Å². The normalized spacial score (nSPS) is 20.9. The average Bonchev–Trinajstić information content (AvgIpc) is 3.07. The van der Waals surface area contributed by atoms with E-state index in [4.69, 9.17) is 5.73 Å². The molecule has 2 N–H and O–H groups in total. The number of piperidine rings is 1. The molecular formula is C19H28N6O. The van der Waals surface area contributed by atoms with Crippen molar-refractivity contribution >= 4 is 11.7 Å². The summed E-state index contributed by atoms with van der Waals surface area (Å²) in [6.07, 6.45) is 8.06. The summed E-state index contributed by atoms with van der Waals surface area (Å²) in [5, 5.41) is 4.38. The summed E-state index contributed by atoms with van der Waals surface area (Å²) < 4.78 is 1.88. The molecule has 2 aromatic heterocycles. The molecule has 1 aliphatic heterocycles. The second kappa shape index (κ2) is 7.86. The van der Waals surface area contributed by atoms with Crippen LogP contribution in [0, 0.1) is 5.92 Å². The maximum absolute atomic E-state index is 11.2. The third-order valence-electron chi connectivity index (χ3n) is 5.26. The third-order valence-corrected chi connectivity index (χ3v) is 5.26. The van der Waals surface area contributed by atoms with Crippen LogP contribution in [0.15, 0.2) is 30.7 Å². The lowest BCUT2D eigenvalue weighted by Crippen LogP contribution is -2.43. The van der Waals surface area contributed by atoms with Crippen LogP contribution in [0.4, 0.5) is 5.82 Å². The van der Waals surface area contributed by atoms with Crippen molar-refractivity contribution in [2.24, 2.45) is 18.7 Å². The van der Waals surface area contributed by atoms with Crippen LogP contribution in [0.5, 0.6) is 0 Å². The number of amides is 1. The molecule has 1 fully saturated rings. The lowest BCUT2D eigenvalue weighted by atomic mass is 9.85. The van der Waals surface area contributed by atoms with Gasteiger partial charge in [0.15, 0.2) is 0 Å². The van der Waals surface area contributed by atoms with Gasteiger partial charge >= 0.3 is 0 Å². The van der Waals surface area contributed by atoms with E-state index >= 15 is 0 Å². The van der Waals surface area contributed by atoms with Gasteiger partial charge in [-0.1, -0.05) is 6.92 Å². The molecule has 0 saturated carbocycles. The smallest absolute Gasteiger partial charge is 0.250 e. The summed E-state index contributed by atoms with van der Waals surface area (Å²) in [4.78, 5) is 20.3. The molecule has 1 aliphatic rings. The maximum Gasteiger partial charge on any atom is 0.250 e. The number of nitrogens with zero attached hydrogens (tertiary/aromatic N) is 5. The van der Waals surface area contributed by atoms with Crippen molar-refractivity contribution in [3.8, 4) is 0 Å². The molecule has 0 unspecified atom stereocenters. The van der Waals surface area contributed by atoms with Gasteiger partial charge in [-0.3, -0.25) is 14.4 Å². The molecule has 3 heterocycles. The van der Waals surface area contributed by atoms with Gasteiger partial charge in [-0.05, 0) is 44.0 Å². The summed E-state index contributed by atoms with van der Waals surface area (Å²) in [5.41, 5.74) is 7.02. The highest BCUT2D eigenvalue weighted by molar-refractivity contribution is 5.92. The maximum atomic E-state index is 11.2. The minimum atomic E-state index is -0.450.